The molecule has 46 heavy (non-hydrogen) atoms. The second-order valence-electron chi connectivity index (χ2n) is 14.7. The van der Waals surface area contributed by atoms with Crippen LogP contribution in [-0.2, 0) is 17.8 Å². The summed E-state index contributed by atoms with van der Waals surface area (Å²) in [5.41, 5.74) is 3.65. The lowest BCUT2D eigenvalue weighted by atomic mass is 10.0. The molecule has 11 nitrogen and oxygen atoms in total. The highest BCUT2D eigenvalue weighted by atomic mass is 16.6. The van der Waals surface area contributed by atoms with Crippen molar-refractivity contribution in [1.29, 1.82) is 0 Å². The molecule has 2 saturated carbocycles. The molecule has 4 aromatic rings. The summed E-state index contributed by atoms with van der Waals surface area (Å²) in [6, 6.07) is 9.91. The molecule has 2 N–H and O–H groups in total. The second-order valence-corrected chi connectivity index (χ2v) is 14.7. The van der Waals surface area contributed by atoms with E-state index in [1.807, 2.05) is 50.1 Å². The van der Waals surface area contributed by atoms with Gasteiger partial charge in [0.1, 0.15) is 22.5 Å². The molecular weight excluding hydrogens is 582 g/mol. The first-order chi connectivity index (χ1) is 22.2. The highest BCUT2D eigenvalue weighted by molar-refractivity contribution is 6.00. The molecule has 242 valence electrons. The van der Waals surface area contributed by atoms with Crippen LogP contribution in [0.3, 0.4) is 0 Å². The number of methoxy groups -OCH3 is 1. The molecule has 3 aromatic heterocycles. The summed E-state index contributed by atoms with van der Waals surface area (Å²) in [4.78, 5) is 38.8. The first-order valence-electron chi connectivity index (χ1n) is 16.7. The number of hydrogen-bond donors (Lipinski definition) is 2. The number of benzene rings is 1. The number of carbonyl (C=O) groups excluding carboxylic acids is 2. The van der Waals surface area contributed by atoms with Gasteiger partial charge in [0, 0.05) is 55.8 Å². The second kappa shape index (κ2) is 11.0. The van der Waals surface area contributed by atoms with Gasteiger partial charge < -0.3 is 34.1 Å². The molecule has 0 radical (unpaired) electrons. The van der Waals surface area contributed by atoms with Gasteiger partial charge >= 0.3 is 6.09 Å². The number of imidazole rings is 1. The van der Waals surface area contributed by atoms with Crippen LogP contribution in [0.15, 0.2) is 36.5 Å². The van der Waals surface area contributed by atoms with E-state index in [2.05, 4.69) is 31.9 Å². The predicted octanol–water partition coefficient (Wildman–Crippen LogP) is 4.82. The predicted molar refractivity (Wildman–Crippen MR) is 175 cm³/mol. The number of alkyl carbamates (subject to hydrolysis) is 1. The summed E-state index contributed by atoms with van der Waals surface area (Å²) in [6.45, 7) is 9.81. The van der Waals surface area contributed by atoms with Crippen LogP contribution in [0, 0.1) is 17.8 Å². The zero-order valence-electron chi connectivity index (χ0n) is 27.1. The normalized spacial score (nSPS) is 22.9. The number of aromatic nitrogens is 4. The number of pyridine rings is 1. The van der Waals surface area contributed by atoms with Crippen molar-refractivity contribution in [3.8, 4) is 17.3 Å². The number of hydrogen-bond acceptors (Lipinski definition) is 7. The maximum absolute atomic E-state index is 14.2. The summed E-state index contributed by atoms with van der Waals surface area (Å²) in [5.74, 6) is 2.81. The van der Waals surface area contributed by atoms with Crippen LogP contribution in [0.5, 0.6) is 5.75 Å². The van der Waals surface area contributed by atoms with E-state index in [0.717, 1.165) is 72.6 Å². The smallest absolute Gasteiger partial charge is 0.407 e. The standard InChI is InChI=1S/C35H43N7O4/c1-35(2,3)46-34(44)39-29-23-9-10-26(29)41(19-23)33(43)24-12-25-30(28(14-24)45-4)42(18-21-15-36-16-21)32(38-25)27-13-22-6-5-11-37-31(22)40(27)17-20-7-8-20/h5-6,11-14,20-21,23,26,29,36H,7-10,15-19H2,1-4H3,(H,39,44)/t23?,26?,29-/m1/s1. The Morgan fingerprint density at radius 2 is 1.85 bits per heavy atom. The van der Waals surface area contributed by atoms with E-state index >= 15 is 0 Å². The quantitative estimate of drug-likeness (QED) is 0.289. The van der Waals surface area contributed by atoms with Crippen LogP contribution in [0.1, 0.15) is 56.8 Å². The molecule has 4 aliphatic rings. The maximum atomic E-state index is 14.2. The van der Waals surface area contributed by atoms with E-state index < -0.39 is 11.7 Å². The number of amides is 2. The lowest BCUT2D eigenvalue weighted by Gasteiger charge is -2.29. The molecule has 5 heterocycles. The maximum Gasteiger partial charge on any atom is 0.407 e. The Kier molecular flexibility index (Phi) is 7.00. The van der Waals surface area contributed by atoms with Crippen LogP contribution >= 0.6 is 0 Å². The molecule has 2 amide bonds. The van der Waals surface area contributed by atoms with Crippen LogP contribution < -0.4 is 15.4 Å². The summed E-state index contributed by atoms with van der Waals surface area (Å²) in [6.07, 6.45) is 5.73. The third-order valence-electron chi connectivity index (χ3n) is 10.1. The molecular formula is C35H43N7O4. The SMILES string of the molecule is COc1cc(C(=O)N2CC3CCC2[C@@H]3NC(=O)OC(C)(C)C)cc2nc(-c3cc4cccnc4n3CC3CC3)n(CC3CNC3)c12. The van der Waals surface area contributed by atoms with Crippen molar-refractivity contribution >= 4 is 34.1 Å². The van der Waals surface area contributed by atoms with Gasteiger partial charge in [-0.1, -0.05) is 0 Å². The van der Waals surface area contributed by atoms with Crippen molar-refractivity contribution < 1.29 is 19.1 Å². The van der Waals surface area contributed by atoms with Gasteiger partial charge in [-0.2, -0.15) is 0 Å². The molecule has 4 fully saturated rings. The van der Waals surface area contributed by atoms with Gasteiger partial charge in [-0.15, -0.1) is 0 Å². The molecule has 2 aliphatic heterocycles. The van der Waals surface area contributed by atoms with Crippen molar-refractivity contribution in [1.82, 2.24) is 34.6 Å². The number of rotatable bonds is 8. The zero-order chi connectivity index (χ0) is 31.7. The molecule has 11 heteroatoms. The number of piperidine rings is 1. The van der Waals surface area contributed by atoms with E-state index in [9.17, 15) is 9.59 Å². The van der Waals surface area contributed by atoms with E-state index in [0.29, 0.717) is 29.7 Å². The first-order valence-corrected chi connectivity index (χ1v) is 16.7. The molecule has 2 aliphatic carbocycles. The molecule has 8 rings (SSSR count). The average molecular weight is 626 g/mol. The number of carbonyl (C=O) groups is 2. The van der Waals surface area contributed by atoms with Crippen LogP contribution in [0.4, 0.5) is 4.79 Å². The van der Waals surface area contributed by atoms with Gasteiger partial charge in [0.05, 0.1) is 30.4 Å². The van der Waals surface area contributed by atoms with Gasteiger partial charge in [-0.25, -0.2) is 14.8 Å². The Morgan fingerprint density at radius 1 is 1.04 bits per heavy atom. The van der Waals surface area contributed by atoms with Gasteiger partial charge in [-0.05, 0) is 88.6 Å². The molecule has 0 spiro atoms. The van der Waals surface area contributed by atoms with Crippen LogP contribution in [-0.4, -0.2) is 80.4 Å². The Hall–Kier alpha value is -4.12. The fraction of sp³-hybridized carbons (Fsp3) is 0.543. The number of nitrogens with one attached hydrogen (secondary N) is 2. The monoisotopic (exact) mass is 625 g/mol. The minimum atomic E-state index is -0.580. The van der Waals surface area contributed by atoms with Crippen LogP contribution in [0.2, 0.25) is 0 Å². The fourth-order valence-electron chi connectivity index (χ4n) is 7.69. The Bertz CT molecular complexity index is 1830. The molecule has 3 atom stereocenters. The average Bonchev–Trinajstić information content (AvgIpc) is 3.31. The van der Waals surface area contributed by atoms with E-state index in [1.165, 1.54) is 12.8 Å². The highest BCUT2D eigenvalue weighted by Gasteiger charge is 2.50. The molecule has 2 saturated heterocycles. The number of fused-ring (bicyclic) bond motifs is 4. The largest absolute Gasteiger partial charge is 0.494 e. The minimum absolute atomic E-state index is 0.0604. The first kappa shape index (κ1) is 29.3. The Balaban J connectivity index is 1.17. The molecule has 2 bridgehead atoms. The van der Waals surface area contributed by atoms with E-state index in [4.69, 9.17) is 19.4 Å². The summed E-state index contributed by atoms with van der Waals surface area (Å²) in [7, 11) is 1.66. The van der Waals surface area contributed by atoms with Crippen molar-refractivity contribution in [3.63, 3.8) is 0 Å². The van der Waals surface area contributed by atoms with Gasteiger partial charge in [-0.3, -0.25) is 4.79 Å². The van der Waals surface area contributed by atoms with Gasteiger partial charge in [0.15, 0.2) is 5.82 Å². The summed E-state index contributed by atoms with van der Waals surface area (Å²) >= 11 is 0. The summed E-state index contributed by atoms with van der Waals surface area (Å²) < 4.78 is 16.2. The third-order valence-corrected chi connectivity index (χ3v) is 10.1. The van der Waals surface area contributed by atoms with Gasteiger partial charge in [0.2, 0.25) is 0 Å². The van der Waals surface area contributed by atoms with Crippen LogP contribution in [0.25, 0.3) is 33.6 Å². The molecule has 2 unspecified atom stereocenters. The topological polar surface area (TPSA) is 116 Å². The third kappa shape index (κ3) is 5.18. The fourth-order valence-corrected chi connectivity index (χ4v) is 7.69. The number of likely N-dealkylation sites (tertiary alicyclic amines) is 1. The summed E-state index contributed by atoms with van der Waals surface area (Å²) in [5, 5.41) is 7.58. The minimum Gasteiger partial charge on any atom is -0.494 e. The molecule has 1 aromatic carbocycles. The zero-order valence-corrected chi connectivity index (χ0v) is 27.1. The Morgan fingerprint density at radius 3 is 2.57 bits per heavy atom. The van der Waals surface area contributed by atoms with Crippen molar-refractivity contribution in [2.45, 2.75) is 77.2 Å². The lowest BCUT2D eigenvalue weighted by molar-refractivity contribution is 0.0485. The van der Waals surface area contributed by atoms with E-state index in [1.54, 1.807) is 7.11 Å². The highest BCUT2D eigenvalue weighted by Crippen LogP contribution is 2.41. The number of ether oxygens (including phenoxy) is 2. The Labute approximate surface area is 268 Å². The lowest BCUT2D eigenvalue weighted by Crippen LogP contribution is -2.46. The van der Waals surface area contributed by atoms with Gasteiger partial charge in [0.25, 0.3) is 5.91 Å². The number of nitrogens with zero attached hydrogens (tertiary/aromatic N) is 5. The van der Waals surface area contributed by atoms with E-state index in [-0.39, 0.29) is 23.9 Å². The van der Waals surface area contributed by atoms with Crippen molar-refractivity contribution in [2.75, 3.05) is 26.7 Å². The van der Waals surface area contributed by atoms with Crippen molar-refractivity contribution in [3.05, 3.63) is 42.1 Å². The van der Waals surface area contributed by atoms with Crippen molar-refractivity contribution in [2.24, 2.45) is 17.8 Å².